The average Bonchev–Trinajstić information content (AvgIpc) is 2.37. The Kier molecular flexibility index (Phi) is 5.84. The third-order valence-corrected chi connectivity index (χ3v) is 2.95. The molecule has 2 N–H and O–H groups in total. The van der Waals surface area contributed by atoms with E-state index in [0.29, 0.717) is 30.6 Å². The van der Waals surface area contributed by atoms with Gasteiger partial charge in [-0.3, -0.25) is 14.9 Å². The minimum Gasteiger partial charge on any atom is -0.326 e. The number of anilines is 1. The van der Waals surface area contributed by atoms with Crippen LogP contribution in [0.3, 0.4) is 0 Å². The summed E-state index contributed by atoms with van der Waals surface area (Å²) < 4.78 is 0. The van der Waals surface area contributed by atoms with Crippen LogP contribution in [0, 0.1) is 10.1 Å². The number of carbonyl (C=O) groups excluding carboxylic acids is 1. The first-order valence-electron chi connectivity index (χ1n) is 7.05. The van der Waals surface area contributed by atoms with Gasteiger partial charge >= 0.3 is 0 Å². The van der Waals surface area contributed by atoms with E-state index in [1.54, 1.807) is 12.1 Å². The van der Waals surface area contributed by atoms with Crippen LogP contribution in [0.25, 0.3) is 0 Å². The summed E-state index contributed by atoms with van der Waals surface area (Å²) in [6.45, 7) is 8.50. The number of nitrogens with one attached hydrogen (secondary N) is 2. The lowest BCUT2D eigenvalue weighted by Gasteiger charge is -2.20. The van der Waals surface area contributed by atoms with Gasteiger partial charge in [0.2, 0.25) is 5.91 Å². The Bertz CT molecular complexity index is 521. The molecule has 6 nitrogen and oxygen atoms in total. The van der Waals surface area contributed by atoms with Crippen LogP contribution in [0.1, 0.15) is 39.7 Å². The SMILES string of the molecule is CCc1ccc(NC(=O)CCNC(C)(C)C)cc1[N+](=O)[O-]. The fraction of sp³-hybridized carbons (Fsp3) is 0.533. The molecule has 0 saturated carbocycles. The number of carbonyl (C=O) groups is 1. The van der Waals surface area contributed by atoms with Gasteiger partial charge in [-0.2, -0.15) is 0 Å². The van der Waals surface area contributed by atoms with E-state index in [0.717, 1.165) is 0 Å². The van der Waals surface area contributed by atoms with E-state index in [-0.39, 0.29) is 17.1 Å². The van der Waals surface area contributed by atoms with Gasteiger partial charge in [0.25, 0.3) is 5.69 Å². The molecule has 1 aromatic rings. The van der Waals surface area contributed by atoms with Gasteiger partial charge in [-0.25, -0.2) is 0 Å². The Hall–Kier alpha value is -1.95. The highest BCUT2D eigenvalue weighted by molar-refractivity contribution is 5.91. The fourth-order valence-electron chi connectivity index (χ4n) is 1.89. The maximum absolute atomic E-state index is 11.8. The Morgan fingerprint density at radius 2 is 2.00 bits per heavy atom. The first kappa shape index (κ1) is 17.1. The Morgan fingerprint density at radius 3 is 2.52 bits per heavy atom. The number of hydrogen-bond donors (Lipinski definition) is 2. The number of amides is 1. The van der Waals surface area contributed by atoms with Crippen molar-refractivity contribution >= 4 is 17.3 Å². The van der Waals surface area contributed by atoms with E-state index < -0.39 is 4.92 Å². The van der Waals surface area contributed by atoms with Gasteiger partial charge in [0.1, 0.15) is 0 Å². The number of nitro groups is 1. The third-order valence-electron chi connectivity index (χ3n) is 2.95. The zero-order valence-corrected chi connectivity index (χ0v) is 13.0. The predicted octanol–water partition coefficient (Wildman–Crippen LogP) is 2.87. The maximum Gasteiger partial charge on any atom is 0.274 e. The van der Waals surface area contributed by atoms with Crippen LogP contribution in [-0.2, 0) is 11.2 Å². The molecule has 0 aliphatic heterocycles. The smallest absolute Gasteiger partial charge is 0.274 e. The summed E-state index contributed by atoms with van der Waals surface area (Å²) in [5.74, 6) is -0.162. The van der Waals surface area contributed by atoms with E-state index in [9.17, 15) is 14.9 Å². The molecule has 0 aliphatic rings. The summed E-state index contributed by atoms with van der Waals surface area (Å²) in [5.41, 5.74) is 1.12. The molecule has 0 heterocycles. The van der Waals surface area contributed by atoms with E-state index in [1.807, 2.05) is 27.7 Å². The Balaban J connectivity index is 2.64. The number of hydrogen-bond acceptors (Lipinski definition) is 4. The monoisotopic (exact) mass is 293 g/mol. The fourth-order valence-corrected chi connectivity index (χ4v) is 1.89. The molecule has 0 bridgehead atoms. The number of nitrogens with zero attached hydrogens (tertiary/aromatic N) is 1. The van der Waals surface area contributed by atoms with Gasteiger partial charge in [0.15, 0.2) is 0 Å². The topological polar surface area (TPSA) is 84.3 Å². The molecule has 0 aromatic heterocycles. The molecule has 1 rings (SSSR count). The van der Waals surface area contributed by atoms with Crippen LogP contribution in [0.4, 0.5) is 11.4 Å². The highest BCUT2D eigenvalue weighted by atomic mass is 16.6. The van der Waals surface area contributed by atoms with Crippen molar-refractivity contribution in [1.29, 1.82) is 0 Å². The molecular weight excluding hydrogens is 270 g/mol. The van der Waals surface area contributed by atoms with Crippen molar-refractivity contribution in [3.8, 4) is 0 Å². The molecule has 0 fully saturated rings. The molecular formula is C15H23N3O3. The molecule has 0 radical (unpaired) electrons. The Morgan fingerprint density at radius 1 is 1.33 bits per heavy atom. The largest absolute Gasteiger partial charge is 0.326 e. The molecule has 0 unspecified atom stereocenters. The lowest BCUT2D eigenvalue weighted by molar-refractivity contribution is -0.385. The van der Waals surface area contributed by atoms with Crippen LogP contribution >= 0.6 is 0 Å². The predicted molar refractivity (Wildman–Crippen MR) is 83.5 cm³/mol. The summed E-state index contributed by atoms with van der Waals surface area (Å²) in [6.07, 6.45) is 0.903. The van der Waals surface area contributed by atoms with Crippen molar-refractivity contribution in [3.05, 3.63) is 33.9 Å². The first-order valence-corrected chi connectivity index (χ1v) is 7.05. The molecule has 1 amide bonds. The van der Waals surface area contributed by atoms with Crippen LogP contribution in [0.15, 0.2) is 18.2 Å². The van der Waals surface area contributed by atoms with Crippen molar-refractivity contribution < 1.29 is 9.72 Å². The molecule has 0 saturated heterocycles. The van der Waals surface area contributed by atoms with Crippen LogP contribution in [0.5, 0.6) is 0 Å². The minimum absolute atomic E-state index is 0.0398. The zero-order valence-electron chi connectivity index (χ0n) is 13.0. The highest BCUT2D eigenvalue weighted by Gasteiger charge is 2.14. The summed E-state index contributed by atoms with van der Waals surface area (Å²) in [4.78, 5) is 22.4. The van der Waals surface area contributed by atoms with Crippen molar-refractivity contribution in [2.45, 2.75) is 46.1 Å². The highest BCUT2D eigenvalue weighted by Crippen LogP contribution is 2.23. The summed E-state index contributed by atoms with van der Waals surface area (Å²) in [7, 11) is 0. The standard InChI is InChI=1S/C15H23N3O3/c1-5-11-6-7-12(10-13(11)18(20)21)17-14(19)8-9-16-15(2,3)4/h6-7,10,16H,5,8-9H2,1-4H3,(H,17,19). The van der Waals surface area contributed by atoms with Crippen LogP contribution in [-0.4, -0.2) is 22.9 Å². The number of aryl methyl sites for hydroxylation is 1. The average molecular weight is 293 g/mol. The van der Waals surface area contributed by atoms with Gasteiger partial charge in [0, 0.05) is 35.8 Å². The second-order valence-electron chi connectivity index (χ2n) is 5.93. The van der Waals surface area contributed by atoms with Crippen molar-refractivity contribution in [2.24, 2.45) is 0 Å². The summed E-state index contributed by atoms with van der Waals surface area (Å²) in [6, 6.07) is 4.79. The number of benzene rings is 1. The molecule has 0 spiro atoms. The van der Waals surface area contributed by atoms with E-state index >= 15 is 0 Å². The first-order chi connectivity index (χ1) is 9.73. The molecule has 0 atom stereocenters. The van der Waals surface area contributed by atoms with Crippen molar-refractivity contribution in [3.63, 3.8) is 0 Å². The molecule has 116 valence electrons. The Labute approximate surface area is 125 Å². The lowest BCUT2D eigenvalue weighted by Crippen LogP contribution is -2.37. The van der Waals surface area contributed by atoms with E-state index in [2.05, 4.69) is 10.6 Å². The molecule has 0 aliphatic carbocycles. The molecule has 1 aromatic carbocycles. The second kappa shape index (κ2) is 7.17. The molecule has 21 heavy (non-hydrogen) atoms. The maximum atomic E-state index is 11.8. The summed E-state index contributed by atoms with van der Waals surface area (Å²) in [5, 5.41) is 16.9. The minimum atomic E-state index is -0.421. The second-order valence-corrected chi connectivity index (χ2v) is 5.93. The van der Waals surface area contributed by atoms with E-state index in [1.165, 1.54) is 6.07 Å². The summed E-state index contributed by atoms with van der Waals surface area (Å²) >= 11 is 0. The number of rotatable bonds is 6. The van der Waals surface area contributed by atoms with Crippen LogP contribution in [0.2, 0.25) is 0 Å². The third kappa shape index (κ3) is 5.91. The number of nitro benzene ring substituents is 1. The quantitative estimate of drug-likeness (QED) is 0.624. The van der Waals surface area contributed by atoms with Crippen LogP contribution < -0.4 is 10.6 Å². The molecule has 6 heteroatoms. The van der Waals surface area contributed by atoms with Gasteiger partial charge in [0.05, 0.1) is 4.92 Å². The van der Waals surface area contributed by atoms with E-state index in [4.69, 9.17) is 0 Å². The zero-order chi connectivity index (χ0) is 16.0. The lowest BCUT2D eigenvalue weighted by atomic mass is 10.1. The van der Waals surface area contributed by atoms with Gasteiger partial charge in [-0.05, 0) is 33.3 Å². The van der Waals surface area contributed by atoms with Crippen molar-refractivity contribution in [1.82, 2.24) is 5.32 Å². The van der Waals surface area contributed by atoms with Crippen molar-refractivity contribution in [2.75, 3.05) is 11.9 Å². The normalized spacial score (nSPS) is 11.2. The van der Waals surface area contributed by atoms with Gasteiger partial charge in [-0.1, -0.05) is 13.0 Å². The van der Waals surface area contributed by atoms with Gasteiger partial charge in [-0.15, -0.1) is 0 Å². The van der Waals surface area contributed by atoms with Gasteiger partial charge < -0.3 is 10.6 Å².